The molecular weight excluding hydrogens is 308 g/mol. The highest BCUT2D eigenvalue weighted by Gasteiger charge is 2.18. The van der Waals surface area contributed by atoms with Gasteiger partial charge in [-0.05, 0) is 69.1 Å². The lowest BCUT2D eigenvalue weighted by atomic mass is 9.87. The van der Waals surface area contributed by atoms with Crippen LogP contribution in [0, 0.1) is 12.3 Å². The molecule has 1 aromatic heterocycles. The fraction of sp³-hybridized carbons (Fsp3) is 0.591. The molecule has 3 nitrogen and oxygen atoms in total. The molecule has 0 amide bonds. The topological polar surface area (TPSA) is 48.9 Å². The molecule has 1 aromatic carbocycles. The van der Waals surface area contributed by atoms with Gasteiger partial charge in [0.05, 0.1) is 16.6 Å². The quantitative estimate of drug-likeness (QED) is 0.493. The Bertz CT molecular complexity index is 742. The smallest absolute Gasteiger partial charge is 0.107 e. The summed E-state index contributed by atoms with van der Waals surface area (Å²) in [6, 6.07) is 4.05. The predicted molar refractivity (Wildman–Crippen MR) is 107 cm³/mol. The van der Waals surface area contributed by atoms with Crippen molar-refractivity contribution in [2.75, 3.05) is 0 Å². The third-order valence-corrected chi connectivity index (χ3v) is 4.51. The van der Waals surface area contributed by atoms with E-state index in [0.717, 1.165) is 60.1 Å². The van der Waals surface area contributed by atoms with Crippen molar-refractivity contribution in [1.29, 1.82) is 0 Å². The molecule has 0 saturated carbocycles. The summed E-state index contributed by atoms with van der Waals surface area (Å²) in [4.78, 5) is 8.18. The number of hydrogen-bond donors (Lipinski definition) is 2. The number of aryl methyl sites for hydroxylation is 2. The number of H-pyrrole nitrogens is 1. The largest absolute Gasteiger partial charge is 0.386 e. The first-order chi connectivity index (χ1) is 11.5. The third kappa shape index (κ3) is 5.71. The number of allylic oxidation sites excluding steroid dienone is 1. The van der Waals surface area contributed by atoms with Crippen LogP contribution in [-0.4, -0.2) is 15.1 Å². The van der Waals surface area contributed by atoms with Crippen LogP contribution in [0.15, 0.2) is 24.3 Å². The highest BCUT2D eigenvalue weighted by molar-refractivity contribution is 5.79. The van der Waals surface area contributed by atoms with Gasteiger partial charge in [0.1, 0.15) is 5.82 Å². The fourth-order valence-corrected chi connectivity index (χ4v) is 3.32. The van der Waals surface area contributed by atoms with Crippen LogP contribution in [0.2, 0.25) is 0 Å². The van der Waals surface area contributed by atoms with E-state index in [0.29, 0.717) is 5.41 Å². The number of imidazole rings is 1. The van der Waals surface area contributed by atoms with Crippen molar-refractivity contribution in [3.05, 3.63) is 41.2 Å². The summed E-state index contributed by atoms with van der Waals surface area (Å²) < 4.78 is 0. The molecule has 2 rings (SSSR count). The maximum Gasteiger partial charge on any atom is 0.107 e. The van der Waals surface area contributed by atoms with Crippen LogP contribution in [0.3, 0.4) is 0 Å². The monoisotopic (exact) mass is 342 g/mol. The summed E-state index contributed by atoms with van der Waals surface area (Å²) in [5.41, 5.74) is 4.90. The normalized spacial score (nSPS) is 12.8. The van der Waals surface area contributed by atoms with E-state index in [1.807, 2.05) is 26.0 Å². The molecule has 0 atom stereocenters. The van der Waals surface area contributed by atoms with Crippen LogP contribution < -0.4 is 0 Å². The number of aromatic nitrogens is 2. The van der Waals surface area contributed by atoms with E-state index in [-0.39, 0.29) is 0 Å². The number of nitrogens with zero attached hydrogens (tertiary/aromatic N) is 1. The van der Waals surface area contributed by atoms with Crippen LogP contribution in [0.25, 0.3) is 11.0 Å². The number of nitrogens with one attached hydrogen (secondary N) is 1. The molecule has 0 radical (unpaired) electrons. The van der Waals surface area contributed by atoms with Gasteiger partial charge >= 0.3 is 0 Å². The summed E-state index contributed by atoms with van der Waals surface area (Å²) in [5, 5.41) is 10.2. The second-order valence-electron chi connectivity index (χ2n) is 9.13. The van der Waals surface area contributed by atoms with Crippen molar-refractivity contribution in [2.45, 2.75) is 79.2 Å². The summed E-state index contributed by atoms with van der Waals surface area (Å²) in [7, 11) is 0. The first-order valence-corrected chi connectivity index (χ1v) is 9.34. The number of aromatic amines is 1. The Labute approximate surface area is 152 Å². The molecule has 0 spiro atoms. The molecule has 2 N–H and O–H groups in total. The maximum atomic E-state index is 10.2. The lowest BCUT2D eigenvalue weighted by molar-refractivity contribution is 0.0787. The minimum atomic E-state index is -0.836. The Kier molecular flexibility index (Phi) is 5.78. The summed E-state index contributed by atoms with van der Waals surface area (Å²) in [6.45, 7) is 16.7. The van der Waals surface area contributed by atoms with Gasteiger partial charge in [-0.25, -0.2) is 4.98 Å². The van der Waals surface area contributed by atoms with Gasteiger partial charge in [0.15, 0.2) is 0 Å². The zero-order valence-corrected chi connectivity index (χ0v) is 16.8. The Morgan fingerprint density at radius 2 is 1.84 bits per heavy atom. The second kappa shape index (κ2) is 7.33. The molecule has 0 bridgehead atoms. The Hall–Kier alpha value is -1.61. The molecular formula is C22H34N2O. The summed E-state index contributed by atoms with van der Waals surface area (Å²) >= 11 is 0. The number of aliphatic hydroxyl groups is 1. The fourth-order valence-electron chi connectivity index (χ4n) is 3.32. The number of unbranched alkanes of at least 4 members (excludes halogenated alkanes) is 1. The summed E-state index contributed by atoms with van der Waals surface area (Å²) in [6.07, 6.45) is 5.41. The Balaban J connectivity index is 1.96. The zero-order chi connectivity index (χ0) is 18.8. The number of fused-ring (bicyclic) bond motifs is 1. The lowest BCUT2D eigenvalue weighted by Crippen LogP contribution is -2.15. The van der Waals surface area contributed by atoms with Crippen molar-refractivity contribution in [3.8, 4) is 0 Å². The molecule has 25 heavy (non-hydrogen) atoms. The number of benzene rings is 1. The van der Waals surface area contributed by atoms with Crippen molar-refractivity contribution in [3.63, 3.8) is 0 Å². The van der Waals surface area contributed by atoms with E-state index in [9.17, 15) is 5.11 Å². The van der Waals surface area contributed by atoms with Crippen molar-refractivity contribution >= 4 is 11.0 Å². The molecule has 1 heterocycles. The summed E-state index contributed by atoms with van der Waals surface area (Å²) in [5.74, 6) is 1.03. The van der Waals surface area contributed by atoms with Crippen molar-refractivity contribution in [1.82, 2.24) is 9.97 Å². The van der Waals surface area contributed by atoms with E-state index in [4.69, 9.17) is 4.98 Å². The molecule has 3 heteroatoms. The zero-order valence-electron chi connectivity index (χ0n) is 16.8. The molecule has 0 fully saturated rings. The van der Waals surface area contributed by atoms with Crippen LogP contribution >= 0.6 is 0 Å². The van der Waals surface area contributed by atoms with Gasteiger partial charge < -0.3 is 10.1 Å². The van der Waals surface area contributed by atoms with E-state index in [2.05, 4.69) is 39.3 Å². The predicted octanol–water partition coefficient (Wildman–Crippen LogP) is 5.80. The standard InChI is InChI=1S/C22H34N2O/c1-15(14-21(3,4)5)10-8-9-11-19-23-18-13-17(22(6,7)25)12-16(2)20(18)24-19/h12-13,25H,1,8-11,14H2,2-7H3,(H,23,24). The molecule has 0 aliphatic rings. The van der Waals surface area contributed by atoms with Gasteiger partial charge in [0.25, 0.3) is 0 Å². The van der Waals surface area contributed by atoms with E-state index in [1.54, 1.807) is 0 Å². The van der Waals surface area contributed by atoms with Crippen LogP contribution in [0.1, 0.15) is 77.3 Å². The average Bonchev–Trinajstić information content (AvgIpc) is 2.84. The molecule has 138 valence electrons. The SMILES string of the molecule is C=C(CCCCc1nc2c(C)cc(C(C)(C)O)cc2[nH]1)CC(C)(C)C. The highest BCUT2D eigenvalue weighted by atomic mass is 16.3. The average molecular weight is 343 g/mol. The van der Waals surface area contributed by atoms with E-state index >= 15 is 0 Å². The Morgan fingerprint density at radius 1 is 1.16 bits per heavy atom. The molecule has 0 saturated heterocycles. The van der Waals surface area contributed by atoms with Crippen LogP contribution in [0.4, 0.5) is 0 Å². The third-order valence-electron chi connectivity index (χ3n) is 4.51. The number of rotatable bonds is 7. The highest BCUT2D eigenvalue weighted by Crippen LogP contribution is 2.27. The molecule has 2 aromatic rings. The van der Waals surface area contributed by atoms with Crippen molar-refractivity contribution < 1.29 is 5.11 Å². The van der Waals surface area contributed by atoms with Gasteiger partial charge in [-0.15, -0.1) is 0 Å². The molecule has 0 aliphatic carbocycles. The molecule has 0 aliphatic heterocycles. The Morgan fingerprint density at radius 3 is 2.44 bits per heavy atom. The van der Waals surface area contributed by atoms with Crippen LogP contribution in [0.5, 0.6) is 0 Å². The van der Waals surface area contributed by atoms with Gasteiger partial charge in [-0.2, -0.15) is 0 Å². The van der Waals surface area contributed by atoms with E-state index < -0.39 is 5.60 Å². The van der Waals surface area contributed by atoms with Gasteiger partial charge in [-0.1, -0.05) is 39.0 Å². The molecule has 0 unspecified atom stereocenters. The van der Waals surface area contributed by atoms with Crippen LogP contribution in [-0.2, 0) is 12.0 Å². The first-order valence-electron chi connectivity index (χ1n) is 9.34. The first kappa shape index (κ1) is 19.7. The lowest BCUT2D eigenvalue weighted by Gasteiger charge is -2.19. The second-order valence-corrected chi connectivity index (χ2v) is 9.13. The minimum Gasteiger partial charge on any atom is -0.386 e. The van der Waals surface area contributed by atoms with Gasteiger partial charge in [-0.3, -0.25) is 0 Å². The minimum absolute atomic E-state index is 0.325. The van der Waals surface area contributed by atoms with E-state index in [1.165, 1.54) is 5.57 Å². The van der Waals surface area contributed by atoms with Crippen molar-refractivity contribution in [2.24, 2.45) is 5.41 Å². The number of hydrogen-bond acceptors (Lipinski definition) is 2. The maximum absolute atomic E-state index is 10.2. The van der Waals surface area contributed by atoms with Gasteiger partial charge in [0, 0.05) is 6.42 Å². The van der Waals surface area contributed by atoms with Gasteiger partial charge in [0.2, 0.25) is 0 Å².